The van der Waals surface area contributed by atoms with E-state index >= 15 is 0 Å². The molecule has 1 nitrogen and oxygen atoms in total. The van der Waals surface area contributed by atoms with Crippen LogP contribution in [0, 0.1) is 0 Å². The van der Waals surface area contributed by atoms with Crippen molar-refractivity contribution in [2.75, 3.05) is 5.73 Å². The third-order valence-electron chi connectivity index (χ3n) is 1.27. The van der Waals surface area contributed by atoms with Crippen LogP contribution in [0.1, 0.15) is 5.56 Å². The van der Waals surface area contributed by atoms with Gasteiger partial charge >= 0.3 is 6.18 Å². The molecule has 0 saturated heterocycles. The van der Waals surface area contributed by atoms with Gasteiger partial charge in [0.05, 0.1) is 5.56 Å². The highest BCUT2D eigenvalue weighted by molar-refractivity contribution is 5.47. The Morgan fingerprint density at radius 1 is 1.08 bits per heavy atom. The van der Waals surface area contributed by atoms with Crippen LogP contribution in [-0.4, -0.2) is 0 Å². The summed E-state index contributed by atoms with van der Waals surface area (Å²) in [6.07, 6.45) is -4.34. The first-order valence-electron chi connectivity index (χ1n) is 2.93. The fourth-order valence-electron chi connectivity index (χ4n) is 0.755. The second-order valence-corrected chi connectivity index (χ2v) is 2.09. The zero-order chi connectivity index (χ0) is 8.48. The number of para-hydroxylation sites is 1. The molecule has 0 aliphatic rings. The standard InChI is InChI=1S/C7H6F3N.FH/c8-7(9,10)5-3-1-2-4-6(5)11;/h1-4H,11H2;1H. The van der Waals surface area contributed by atoms with Gasteiger partial charge in [0.15, 0.2) is 0 Å². The van der Waals surface area contributed by atoms with Crippen molar-refractivity contribution in [1.82, 2.24) is 0 Å². The summed E-state index contributed by atoms with van der Waals surface area (Å²) >= 11 is 0. The molecule has 12 heavy (non-hydrogen) atoms. The Bertz CT molecular complexity index is 256. The molecule has 0 atom stereocenters. The van der Waals surface area contributed by atoms with Gasteiger partial charge in [-0.2, -0.15) is 13.2 Å². The van der Waals surface area contributed by atoms with Crippen molar-refractivity contribution < 1.29 is 17.9 Å². The molecular weight excluding hydrogens is 174 g/mol. The molecule has 2 N–H and O–H groups in total. The molecule has 0 aromatic heterocycles. The molecule has 0 fully saturated rings. The van der Waals surface area contributed by atoms with Crippen LogP contribution in [0.25, 0.3) is 0 Å². The number of rotatable bonds is 0. The van der Waals surface area contributed by atoms with Crippen LogP contribution in [-0.2, 0) is 6.18 Å². The highest BCUT2D eigenvalue weighted by Gasteiger charge is 2.32. The van der Waals surface area contributed by atoms with E-state index < -0.39 is 11.7 Å². The fraction of sp³-hybridized carbons (Fsp3) is 0.143. The van der Waals surface area contributed by atoms with E-state index in [1.807, 2.05) is 0 Å². The first-order chi connectivity index (χ1) is 5.02. The van der Waals surface area contributed by atoms with Crippen LogP contribution in [0.3, 0.4) is 0 Å². The summed E-state index contributed by atoms with van der Waals surface area (Å²) in [5, 5.41) is 0. The number of hydrogen-bond donors (Lipinski definition) is 1. The summed E-state index contributed by atoms with van der Waals surface area (Å²) in [5.74, 6) is 0. The van der Waals surface area contributed by atoms with Gasteiger partial charge in [-0.05, 0) is 12.1 Å². The Kier molecular flexibility index (Phi) is 3.06. The lowest BCUT2D eigenvalue weighted by Crippen LogP contribution is -2.07. The van der Waals surface area contributed by atoms with Gasteiger partial charge in [-0.3, -0.25) is 4.70 Å². The van der Waals surface area contributed by atoms with Gasteiger partial charge in [0.2, 0.25) is 0 Å². The predicted octanol–water partition coefficient (Wildman–Crippen LogP) is 2.44. The topological polar surface area (TPSA) is 26.0 Å². The van der Waals surface area contributed by atoms with Crippen molar-refractivity contribution in [2.24, 2.45) is 0 Å². The Morgan fingerprint density at radius 2 is 1.58 bits per heavy atom. The third kappa shape index (κ3) is 2.11. The minimum absolute atomic E-state index is 0. The average molecular weight is 181 g/mol. The normalized spacial score (nSPS) is 10.6. The summed E-state index contributed by atoms with van der Waals surface area (Å²) in [5.41, 5.74) is 4.07. The lowest BCUT2D eigenvalue weighted by Gasteiger charge is -2.07. The zero-order valence-electron chi connectivity index (χ0n) is 5.93. The summed E-state index contributed by atoms with van der Waals surface area (Å²) in [4.78, 5) is 0. The molecule has 0 bridgehead atoms. The van der Waals surface area contributed by atoms with E-state index in [1.165, 1.54) is 18.2 Å². The predicted molar refractivity (Wildman–Crippen MR) is 38.4 cm³/mol. The van der Waals surface area contributed by atoms with Crippen LogP contribution in [0.5, 0.6) is 0 Å². The summed E-state index contributed by atoms with van der Waals surface area (Å²) in [7, 11) is 0. The Morgan fingerprint density at radius 3 is 1.92 bits per heavy atom. The number of nitrogens with two attached hydrogens (primary N) is 1. The maximum Gasteiger partial charge on any atom is 0.418 e. The van der Waals surface area contributed by atoms with E-state index in [0.717, 1.165) is 6.07 Å². The van der Waals surface area contributed by atoms with Crippen molar-refractivity contribution >= 4 is 5.69 Å². The van der Waals surface area contributed by atoms with Gasteiger partial charge in [0, 0.05) is 5.69 Å². The molecule has 0 aliphatic heterocycles. The molecule has 0 aliphatic carbocycles. The maximum atomic E-state index is 12.0. The van der Waals surface area contributed by atoms with Crippen LogP contribution in [0.15, 0.2) is 24.3 Å². The molecule has 1 rings (SSSR count). The molecule has 0 unspecified atom stereocenters. The van der Waals surface area contributed by atoms with Crippen LogP contribution in [0.4, 0.5) is 23.6 Å². The molecule has 5 heteroatoms. The van der Waals surface area contributed by atoms with Gasteiger partial charge in [0.25, 0.3) is 0 Å². The van der Waals surface area contributed by atoms with E-state index in [0.29, 0.717) is 0 Å². The number of benzene rings is 1. The number of nitrogen functional groups attached to an aromatic ring is 1. The number of alkyl halides is 3. The minimum atomic E-state index is -4.34. The molecule has 68 valence electrons. The van der Waals surface area contributed by atoms with Gasteiger partial charge in [-0.1, -0.05) is 12.1 Å². The largest absolute Gasteiger partial charge is 0.418 e. The third-order valence-corrected chi connectivity index (χ3v) is 1.27. The Hall–Kier alpha value is -1.26. The van der Waals surface area contributed by atoms with Crippen molar-refractivity contribution in [2.45, 2.75) is 6.18 Å². The monoisotopic (exact) mass is 181 g/mol. The van der Waals surface area contributed by atoms with Crippen molar-refractivity contribution in [3.05, 3.63) is 29.8 Å². The van der Waals surface area contributed by atoms with E-state index in [1.54, 1.807) is 0 Å². The molecule has 0 radical (unpaired) electrons. The second-order valence-electron chi connectivity index (χ2n) is 2.09. The molecule has 1 aromatic rings. The van der Waals surface area contributed by atoms with E-state index in [-0.39, 0.29) is 10.4 Å². The zero-order valence-corrected chi connectivity index (χ0v) is 5.93. The van der Waals surface area contributed by atoms with Gasteiger partial charge in [-0.25, -0.2) is 0 Å². The van der Waals surface area contributed by atoms with Crippen molar-refractivity contribution in [3.63, 3.8) is 0 Å². The molecule has 0 spiro atoms. The van der Waals surface area contributed by atoms with Crippen LogP contribution < -0.4 is 5.73 Å². The summed E-state index contributed by atoms with van der Waals surface area (Å²) < 4.78 is 35.9. The van der Waals surface area contributed by atoms with Crippen molar-refractivity contribution in [3.8, 4) is 0 Å². The SMILES string of the molecule is F.Nc1ccccc1C(F)(F)F. The highest BCUT2D eigenvalue weighted by atomic mass is 19.4. The number of hydrogen-bond acceptors (Lipinski definition) is 1. The lowest BCUT2D eigenvalue weighted by molar-refractivity contribution is -0.136. The molecule has 1 aromatic carbocycles. The average Bonchev–Trinajstić information content (AvgIpc) is 1.86. The summed E-state index contributed by atoms with van der Waals surface area (Å²) in [6.45, 7) is 0. The van der Waals surface area contributed by atoms with Gasteiger partial charge in [0.1, 0.15) is 0 Å². The quantitative estimate of drug-likeness (QED) is 0.482. The lowest BCUT2D eigenvalue weighted by atomic mass is 10.2. The minimum Gasteiger partial charge on any atom is -0.398 e. The van der Waals surface area contributed by atoms with Crippen LogP contribution >= 0.6 is 0 Å². The first-order valence-corrected chi connectivity index (χ1v) is 2.93. The van der Waals surface area contributed by atoms with E-state index in [2.05, 4.69) is 0 Å². The molecule has 0 amide bonds. The molecule has 0 saturated carbocycles. The molecular formula is C7H7F4N. The van der Waals surface area contributed by atoms with Gasteiger partial charge in [-0.15, -0.1) is 0 Å². The Labute approximate surface area is 66.4 Å². The smallest absolute Gasteiger partial charge is 0.398 e. The van der Waals surface area contributed by atoms with Gasteiger partial charge < -0.3 is 5.73 Å². The first kappa shape index (κ1) is 10.7. The van der Waals surface area contributed by atoms with Crippen molar-refractivity contribution in [1.29, 1.82) is 0 Å². The van der Waals surface area contributed by atoms with Crippen LogP contribution in [0.2, 0.25) is 0 Å². The number of halogens is 4. The number of anilines is 1. The highest BCUT2D eigenvalue weighted by Crippen LogP contribution is 2.32. The molecule has 0 heterocycles. The Balaban J connectivity index is 0.00000121. The summed E-state index contributed by atoms with van der Waals surface area (Å²) in [6, 6.07) is 4.95. The second kappa shape index (κ2) is 3.42. The fourth-order valence-corrected chi connectivity index (χ4v) is 0.755. The maximum absolute atomic E-state index is 12.0. The van der Waals surface area contributed by atoms with E-state index in [9.17, 15) is 13.2 Å². The van der Waals surface area contributed by atoms with E-state index in [4.69, 9.17) is 5.73 Å².